The molecule has 3 aromatic rings. The van der Waals surface area contributed by atoms with Crippen LogP contribution in [0.3, 0.4) is 0 Å². The normalized spacial score (nSPS) is 21.0. The van der Waals surface area contributed by atoms with Crippen molar-refractivity contribution < 1.29 is 4.79 Å². The fourth-order valence-corrected chi connectivity index (χ4v) is 4.86. The molecular formula is C22H23N5O2. The third-order valence-corrected chi connectivity index (χ3v) is 6.39. The number of carbonyl (C=O) groups excluding carboxylic acids is 1. The summed E-state index contributed by atoms with van der Waals surface area (Å²) >= 11 is 0. The van der Waals surface area contributed by atoms with Gasteiger partial charge in [-0.15, -0.1) is 0 Å². The highest BCUT2D eigenvalue weighted by Gasteiger charge is 2.44. The van der Waals surface area contributed by atoms with Crippen LogP contribution in [0.2, 0.25) is 0 Å². The van der Waals surface area contributed by atoms with E-state index in [0.29, 0.717) is 23.0 Å². The van der Waals surface area contributed by atoms with Crippen LogP contribution < -0.4 is 5.56 Å². The lowest BCUT2D eigenvalue weighted by molar-refractivity contribution is 0.0633. The number of benzene rings is 1. The molecule has 1 amide bonds. The van der Waals surface area contributed by atoms with Gasteiger partial charge >= 0.3 is 0 Å². The van der Waals surface area contributed by atoms with E-state index >= 15 is 0 Å². The van der Waals surface area contributed by atoms with Crippen LogP contribution in [0.4, 0.5) is 0 Å². The van der Waals surface area contributed by atoms with Crippen LogP contribution in [-0.2, 0) is 18.9 Å². The van der Waals surface area contributed by atoms with Crippen LogP contribution in [0.1, 0.15) is 46.7 Å². The minimum Gasteiger partial charge on any atom is -0.338 e. The van der Waals surface area contributed by atoms with Gasteiger partial charge in [-0.3, -0.25) is 9.59 Å². The summed E-state index contributed by atoms with van der Waals surface area (Å²) in [6.45, 7) is 3.34. The monoisotopic (exact) mass is 389 g/mol. The van der Waals surface area contributed by atoms with Crippen molar-refractivity contribution in [2.75, 3.05) is 13.1 Å². The Morgan fingerprint density at radius 3 is 2.93 bits per heavy atom. The van der Waals surface area contributed by atoms with Gasteiger partial charge in [-0.1, -0.05) is 0 Å². The van der Waals surface area contributed by atoms with Crippen molar-refractivity contribution in [3.05, 3.63) is 63.7 Å². The number of piperidine rings is 1. The van der Waals surface area contributed by atoms with Gasteiger partial charge in [-0.25, -0.2) is 15.0 Å². The molecule has 2 aliphatic rings. The zero-order chi connectivity index (χ0) is 20.2. The van der Waals surface area contributed by atoms with E-state index in [9.17, 15) is 9.59 Å². The molecular weight excluding hydrogens is 366 g/mol. The molecule has 1 unspecified atom stereocenters. The highest BCUT2D eigenvalue weighted by molar-refractivity contribution is 5.97. The first-order valence-corrected chi connectivity index (χ1v) is 10.0. The van der Waals surface area contributed by atoms with Crippen LogP contribution in [0.15, 0.2) is 35.5 Å². The average Bonchev–Trinajstić information content (AvgIpc) is 3.07. The first-order chi connectivity index (χ1) is 14.0. The van der Waals surface area contributed by atoms with E-state index in [1.165, 1.54) is 16.5 Å². The minimum atomic E-state index is -0.108. The molecule has 1 atom stereocenters. The second-order valence-electron chi connectivity index (χ2n) is 8.29. The Balaban J connectivity index is 1.47. The Morgan fingerprint density at radius 1 is 1.21 bits per heavy atom. The van der Waals surface area contributed by atoms with E-state index in [1.54, 1.807) is 25.2 Å². The number of rotatable bonds is 1. The molecule has 5 rings (SSSR count). The van der Waals surface area contributed by atoms with Gasteiger partial charge in [0.25, 0.3) is 11.5 Å². The maximum absolute atomic E-state index is 13.3. The lowest BCUT2D eigenvalue weighted by Gasteiger charge is -2.40. The summed E-state index contributed by atoms with van der Waals surface area (Å²) in [6, 6.07) is 5.18. The number of nitrogens with zero attached hydrogens (tertiary/aromatic N) is 5. The first-order valence-electron chi connectivity index (χ1n) is 10.0. The molecule has 0 radical (unpaired) electrons. The smallest absolute Gasteiger partial charge is 0.260 e. The summed E-state index contributed by atoms with van der Waals surface area (Å²) in [7, 11) is 1.67. The van der Waals surface area contributed by atoms with E-state index in [0.717, 1.165) is 43.7 Å². The molecule has 1 spiro atoms. The SMILES string of the molecule is Cc1ncc2c(n1)C1(CCCN(C(=O)c3ccc4c(=O)n(C)cnc4c3)C1)CC2. The van der Waals surface area contributed by atoms with Crippen molar-refractivity contribution in [2.24, 2.45) is 7.05 Å². The second-order valence-corrected chi connectivity index (χ2v) is 8.29. The number of fused-ring (bicyclic) bond motifs is 3. The van der Waals surface area contributed by atoms with Gasteiger partial charge < -0.3 is 9.47 Å². The predicted molar refractivity (Wildman–Crippen MR) is 109 cm³/mol. The Bertz CT molecular complexity index is 1200. The maximum atomic E-state index is 13.3. The van der Waals surface area contributed by atoms with Gasteiger partial charge in [0.15, 0.2) is 0 Å². The molecule has 29 heavy (non-hydrogen) atoms. The number of hydrogen-bond acceptors (Lipinski definition) is 5. The fourth-order valence-electron chi connectivity index (χ4n) is 4.86. The molecule has 7 heteroatoms. The van der Waals surface area contributed by atoms with E-state index in [1.807, 2.05) is 18.0 Å². The lowest BCUT2D eigenvalue weighted by Crippen LogP contribution is -2.48. The zero-order valence-electron chi connectivity index (χ0n) is 16.7. The van der Waals surface area contributed by atoms with Crippen LogP contribution in [0, 0.1) is 6.92 Å². The summed E-state index contributed by atoms with van der Waals surface area (Å²) in [4.78, 5) is 40.9. The number of aryl methyl sites for hydroxylation is 3. The molecule has 0 saturated carbocycles. The number of likely N-dealkylation sites (tertiary alicyclic amines) is 1. The Labute approximate surface area is 168 Å². The van der Waals surface area contributed by atoms with Crippen molar-refractivity contribution in [1.29, 1.82) is 0 Å². The third kappa shape index (κ3) is 2.84. The lowest BCUT2D eigenvalue weighted by atomic mass is 9.77. The molecule has 1 aromatic carbocycles. The Kier molecular flexibility index (Phi) is 4.01. The number of hydrogen-bond donors (Lipinski definition) is 0. The number of carbonyl (C=O) groups is 1. The molecule has 148 valence electrons. The van der Waals surface area contributed by atoms with Crippen molar-refractivity contribution in [3.63, 3.8) is 0 Å². The Hall–Kier alpha value is -3.09. The second kappa shape index (κ2) is 6.47. The average molecular weight is 389 g/mol. The summed E-state index contributed by atoms with van der Waals surface area (Å²) in [5.41, 5.74) is 3.31. The maximum Gasteiger partial charge on any atom is 0.260 e. The van der Waals surface area contributed by atoms with Crippen LogP contribution in [0.5, 0.6) is 0 Å². The van der Waals surface area contributed by atoms with E-state index in [4.69, 9.17) is 4.98 Å². The molecule has 1 aliphatic heterocycles. The van der Waals surface area contributed by atoms with Crippen LogP contribution in [0.25, 0.3) is 10.9 Å². The standard InChI is InChI=1S/C22H23N5O2/c1-14-23-11-16-6-8-22(19(16)25-14)7-3-9-27(12-22)20(28)15-4-5-17-18(10-15)24-13-26(2)21(17)29/h4-5,10-11,13H,3,6-9,12H2,1-2H3. The van der Waals surface area contributed by atoms with Crippen LogP contribution >= 0.6 is 0 Å². The van der Waals surface area contributed by atoms with Crippen molar-refractivity contribution in [1.82, 2.24) is 24.4 Å². The van der Waals surface area contributed by atoms with E-state index in [-0.39, 0.29) is 16.9 Å². The molecule has 1 saturated heterocycles. The predicted octanol–water partition coefficient (Wildman–Crippen LogP) is 2.15. The van der Waals surface area contributed by atoms with Crippen molar-refractivity contribution >= 4 is 16.8 Å². The van der Waals surface area contributed by atoms with Gasteiger partial charge in [-0.2, -0.15) is 0 Å². The molecule has 2 aromatic heterocycles. The van der Waals surface area contributed by atoms with Gasteiger partial charge in [-0.05, 0) is 56.4 Å². The summed E-state index contributed by atoms with van der Waals surface area (Å²) in [5.74, 6) is 0.781. The quantitative estimate of drug-likeness (QED) is 0.637. The molecule has 3 heterocycles. The van der Waals surface area contributed by atoms with E-state index in [2.05, 4.69) is 9.97 Å². The number of amides is 1. The summed E-state index contributed by atoms with van der Waals surface area (Å²) in [5, 5.41) is 0.526. The molecule has 0 N–H and O–H groups in total. The first kappa shape index (κ1) is 18.0. The number of aromatic nitrogens is 4. The van der Waals surface area contributed by atoms with Crippen molar-refractivity contribution in [3.8, 4) is 0 Å². The highest BCUT2D eigenvalue weighted by Crippen LogP contribution is 2.44. The topological polar surface area (TPSA) is 81.0 Å². The van der Waals surface area contributed by atoms with Gasteiger partial charge in [0, 0.05) is 37.3 Å². The largest absolute Gasteiger partial charge is 0.338 e. The third-order valence-electron chi connectivity index (χ3n) is 6.39. The highest BCUT2D eigenvalue weighted by atomic mass is 16.2. The molecule has 0 bridgehead atoms. The zero-order valence-corrected chi connectivity index (χ0v) is 16.7. The molecule has 1 fully saturated rings. The molecule has 7 nitrogen and oxygen atoms in total. The minimum absolute atomic E-state index is 0.00678. The van der Waals surface area contributed by atoms with Crippen molar-refractivity contribution in [2.45, 2.75) is 38.0 Å². The summed E-state index contributed by atoms with van der Waals surface area (Å²) in [6.07, 6.45) is 7.44. The van der Waals surface area contributed by atoms with Gasteiger partial charge in [0.1, 0.15) is 5.82 Å². The van der Waals surface area contributed by atoms with Crippen LogP contribution in [-0.4, -0.2) is 43.4 Å². The van der Waals surface area contributed by atoms with Gasteiger partial charge in [0.05, 0.1) is 22.9 Å². The Morgan fingerprint density at radius 2 is 2.07 bits per heavy atom. The summed E-state index contributed by atoms with van der Waals surface area (Å²) < 4.78 is 1.44. The fraction of sp³-hybridized carbons (Fsp3) is 0.409. The van der Waals surface area contributed by atoms with E-state index < -0.39 is 0 Å². The molecule has 1 aliphatic carbocycles. The van der Waals surface area contributed by atoms with Gasteiger partial charge in [0.2, 0.25) is 0 Å².